The predicted molar refractivity (Wildman–Crippen MR) is 125 cm³/mol. The van der Waals surface area contributed by atoms with E-state index in [0.29, 0.717) is 23.6 Å². The molecule has 0 bridgehead atoms. The summed E-state index contributed by atoms with van der Waals surface area (Å²) in [7, 11) is 0. The van der Waals surface area contributed by atoms with E-state index in [1.54, 1.807) is 23.1 Å². The van der Waals surface area contributed by atoms with E-state index in [1.165, 1.54) is 5.56 Å². The van der Waals surface area contributed by atoms with Crippen LogP contribution in [0.3, 0.4) is 0 Å². The molecule has 1 aromatic carbocycles. The number of hydrogen-bond donors (Lipinski definition) is 2. The zero-order valence-corrected chi connectivity index (χ0v) is 18.7. The second-order valence-electron chi connectivity index (χ2n) is 7.24. The number of thiophene rings is 1. The highest BCUT2D eigenvalue weighted by molar-refractivity contribution is 7.98. The Kier molecular flexibility index (Phi) is 5.56. The molecule has 10 heteroatoms. The molecule has 1 saturated carbocycles. The van der Waals surface area contributed by atoms with Crippen molar-refractivity contribution in [2.24, 2.45) is 0 Å². The average Bonchev–Trinajstić information content (AvgIpc) is 3.29. The van der Waals surface area contributed by atoms with Gasteiger partial charge in [-0.15, -0.1) is 21.5 Å². The Morgan fingerprint density at radius 3 is 2.77 bits per heavy atom. The van der Waals surface area contributed by atoms with Gasteiger partial charge in [-0.05, 0) is 42.3 Å². The van der Waals surface area contributed by atoms with Gasteiger partial charge in [0.25, 0.3) is 0 Å². The molecule has 1 aliphatic carbocycles. The molecular weight excluding hydrogens is 428 g/mol. The third-order valence-corrected chi connectivity index (χ3v) is 6.80. The molecule has 31 heavy (non-hydrogen) atoms. The minimum atomic E-state index is 0.199. The smallest absolute Gasteiger partial charge is 0.232 e. The first kappa shape index (κ1) is 20.0. The number of rotatable bonds is 8. The van der Waals surface area contributed by atoms with Crippen molar-refractivity contribution in [3.05, 3.63) is 53.2 Å². The van der Waals surface area contributed by atoms with Crippen molar-refractivity contribution in [1.82, 2.24) is 29.7 Å². The molecule has 0 saturated heterocycles. The molecule has 0 atom stereocenters. The van der Waals surface area contributed by atoms with Gasteiger partial charge in [0.1, 0.15) is 5.82 Å². The standard InChI is InChI=1S/C21H22N8S2/c1-2-13-6-3-4-7-15(13)23-20-25-17(24-19(22)26-20)12-31-21-28-27-18(16-8-5-11-30-16)29(21)14-9-10-14/h3-8,11,14H,2,9-10,12H2,1H3,(H3,22,23,24,25,26). The van der Waals surface area contributed by atoms with E-state index in [4.69, 9.17) is 5.73 Å². The summed E-state index contributed by atoms with van der Waals surface area (Å²) in [5.41, 5.74) is 8.13. The van der Waals surface area contributed by atoms with E-state index in [1.807, 2.05) is 24.3 Å². The molecule has 8 nitrogen and oxygen atoms in total. The van der Waals surface area contributed by atoms with Gasteiger partial charge in [-0.25, -0.2) is 0 Å². The maximum atomic E-state index is 5.97. The highest BCUT2D eigenvalue weighted by Crippen LogP contribution is 2.42. The van der Waals surface area contributed by atoms with Gasteiger partial charge in [0, 0.05) is 11.7 Å². The molecule has 3 aromatic heterocycles. The van der Waals surface area contributed by atoms with Gasteiger partial charge in [-0.2, -0.15) is 15.0 Å². The number of para-hydroxylation sites is 1. The van der Waals surface area contributed by atoms with Crippen molar-refractivity contribution in [3.8, 4) is 10.7 Å². The van der Waals surface area contributed by atoms with Crippen molar-refractivity contribution in [2.45, 2.75) is 43.1 Å². The van der Waals surface area contributed by atoms with Crippen LogP contribution in [0.5, 0.6) is 0 Å². The van der Waals surface area contributed by atoms with Crippen molar-refractivity contribution in [2.75, 3.05) is 11.1 Å². The predicted octanol–water partition coefficient (Wildman–Crippen LogP) is 4.71. The fourth-order valence-electron chi connectivity index (χ4n) is 3.37. The Balaban J connectivity index is 1.36. The maximum Gasteiger partial charge on any atom is 0.232 e. The largest absolute Gasteiger partial charge is 0.368 e. The van der Waals surface area contributed by atoms with Crippen LogP contribution in [-0.4, -0.2) is 29.7 Å². The second kappa shape index (κ2) is 8.64. The lowest BCUT2D eigenvalue weighted by Gasteiger charge is -2.11. The maximum absolute atomic E-state index is 5.97. The Bertz CT molecular complexity index is 1180. The van der Waals surface area contributed by atoms with Crippen LogP contribution in [0.25, 0.3) is 10.7 Å². The van der Waals surface area contributed by atoms with Crippen LogP contribution in [0.2, 0.25) is 0 Å². The number of aromatic nitrogens is 6. The SMILES string of the molecule is CCc1ccccc1Nc1nc(N)nc(CSc2nnc(-c3cccs3)n2C2CC2)n1. The molecule has 1 aliphatic rings. The fraction of sp³-hybridized carbons (Fsp3) is 0.286. The summed E-state index contributed by atoms with van der Waals surface area (Å²) in [5.74, 6) is 2.73. The number of nitrogen functional groups attached to an aromatic ring is 1. The Labute approximate surface area is 188 Å². The minimum Gasteiger partial charge on any atom is -0.368 e. The van der Waals surface area contributed by atoms with Crippen LogP contribution in [-0.2, 0) is 12.2 Å². The van der Waals surface area contributed by atoms with Crippen molar-refractivity contribution in [3.63, 3.8) is 0 Å². The summed E-state index contributed by atoms with van der Waals surface area (Å²) in [6.45, 7) is 2.12. The Hall–Kier alpha value is -2.98. The number of nitrogens with one attached hydrogen (secondary N) is 1. The van der Waals surface area contributed by atoms with E-state index < -0.39 is 0 Å². The third-order valence-electron chi connectivity index (χ3n) is 4.99. The zero-order chi connectivity index (χ0) is 21.2. The van der Waals surface area contributed by atoms with Crippen LogP contribution in [0.15, 0.2) is 46.9 Å². The monoisotopic (exact) mass is 450 g/mol. The topological polar surface area (TPSA) is 107 Å². The summed E-state index contributed by atoms with van der Waals surface area (Å²) in [5, 5.41) is 15.1. The lowest BCUT2D eigenvalue weighted by molar-refractivity contribution is 0.669. The summed E-state index contributed by atoms with van der Waals surface area (Å²) in [4.78, 5) is 14.3. The van der Waals surface area contributed by atoms with Crippen molar-refractivity contribution < 1.29 is 0 Å². The van der Waals surface area contributed by atoms with Crippen molar-refractivity contribution in [1.29, 1.82) is 0 Å². The summed E-state index contributed by atoms with van der Waals surface area (Å²) in [6.07, 6.45) is 3.23. The first-order valence-electron chi connectivity index (χ1n) is 10.2. The number of anilines is 3. The first-order valence-corrected chi connectivity index (χ1v) is 12.0. The average molecular weight is 451 g/mol. The Morgan fingerprint density at radius 1 is 1.13 bits per heavy atom. The summed E-state index contributed by atoms with van der Waals surface area (Å²) in [6, 6.07) is 12.7. The summed E-state index contributed by atoms with van der Waals surface area (Å²) >= 11 is 3.26. The minimum absolute atomic E-state index is 0.199. The molecule has 1 fully saturated rings. The van der Waals surface area contributed by atoms with Gasteiger partial charge in [0.05, 0.1) is 10.6 Å². The van der Waals surface area contributed by atoms with Crippen LogP contribution in [0.4, 0.5) is 17.6 Å². The first-order chi connectivity index (χ1) is 15.2. The molecule has 0 spiro atoms. The number of thioether (sulfide) groups is 1. The van der Waals surface area contributed by atoms with Gasteiger partial charge < -0.3 is 11.1 Å². The second-order valence-corrected chi connectivity index (χ2v) is 9.13. The number of nitrogens with zero attached hydrogens (tertiary/aromatic N) is 6. The van der Waals surface area contributed by atoms with Crippen LogP contribution in [0, 0.1) is 0 Å². The third kappa shape index (κ3) is 4.40. The van der Waals surface area contributed by atoms with Crippen LogP contribution < -0.4 is 11.1 Å². The van der Waals surface area contributed by atoms with Gasteiger partial charge in [0.15, 0.2) is 11.0 Å². The number of aryl methyl sites for hydroxylation is 1. The molecule has 4 aromatic rings. The zero-order valence-electron chi connectivity index (χ0n) is 17.0. The quantitative estimate of drug-likeness (QED) is 0.372. The lowest BCUT2D eigenvalue weighted by atomic mass is 10.1. The molecule has 0 aliphatic heterocycles. The highest BCUT2D eigenvalue weighted by atomic mass is 32.2. The van der Waals surface area contributed by atoms with E-state index in [-0.39, 0.29) is 5.95 Å². The van der Waals surface area contributed by atoms with Gasteiger partial charge in [-0.1, -0.05) is 43.0 Å². The molecule has 158 valence electrons. The number of benzene rings is 1. The van der Waals surface area contributed by atoms with Gasteiger partial charge in [-0.3, -0.25) is 4.57 Å². The molecule has 3 heterocycles. The molecule has 0 unspecified atom stereocenters. The van der Waals surface area contributed by atoms with E-state index in [9.17, 15) is 0 Å². The van der Waals surface area contributed by atoms with E-state index in [2.05, 4.69) is 59.5 Å². The Morgan fingerprint density at radius 2 is 2.00 bits per heavy atom. The molecular formula is C21H22N8S2. The van der Waals surface area contributed by atoms with Gasteiger partial charge >= 0.3 is 0 Å². The fourth-order valence-corrected chi connectivity index (χ4v) is 4.94. The highest BCUT2D eigenvalue weighted by Gasteiger charge is 2.30. The molecule has 0 radical (unpaired) electrons. The normalized spacial score (nSPS) is 13.5. The van der Waals surface area contributed by atoms with Crippen LogP contribution in [0.1, 0.15) is 37.2 Å². The molecule has 5 rings (SSSR count). The van der Waals surface area contributed by atoms with Gasteiger partial charge in [0.2, 0.25) is 11.9 Å². The number of nitrogens with two attached hydrogens (primary N) is 1. The van der Waals surface area contributed by atoms with Crippen LogP contribution >= 0.6 is 23.1 Å². The van der Waals surface area contributed by atoms with E-state index in [0.717, 1.165) is 40.8 Å². The lowest BCUT2D eigenvalue weighted by Crippen LogP contribution is -2.07. The molecule has 3 N–H and O–H groups in total. The number of hydrogen-bond acceptors (Lipinski definition) is 9. The van der Waals surface area contributed by atoms with Crippen molar-refractivity contribution >= 4 is 40.7 Å². The van der Waals surface area contributed by atoms with E-state index >= 15 is 0 Å². The molecule has 0 amide bonds. The summed E-state index contributed by atoms with van der Waals surface area (Å²) < 4.78 is 2.25.